The van der Waals surface area contributed by atoms with Gasteiger partial charge in [-0.3, -0.25) is 0 Å². The third kappa shape index (κ3) is 9.44. The van der Waals surface area contributed by atoms with Gasteiger partial charge in [0, 0.05) is 0 Å². The van der Waals surface area contributed by atoms with Crippen LogP contribution in [0.1, 0.15) is 0 Å². The zero-order valence-corrected chi connectivity index (χ0v) is 7.32. The van der Waals surface area contributed by atoms with Crippen molar-refractivity contribution < 1.29 is 59.4 Å². The number of rotatable bonds is 0. The molecule has 1 nitrogen and oxygen atoms in total. The van der Waals surface area contributed by atoms with Crippen molar-refractivity contribution >= 4 is 0 Å². The molecule has 0 aromatic heterocycles. The summed E-state index contributed by atoms with van der Waals surface area (Å²) in [6, 6.07) is 0. The molecule has 0 saturated heterocycles. The van der Waals surface area contributed by atoms with E-state index in [4.69, 9.17) is 0 Å². The molecule has 0 aliphatic carbocycles. The van der Waals surface area contributed by atoms with Crippen LogP contribution in [0.15, 0.2) is 0 Å². The maximum absolute atomic E-state index is 0. The molecule has 0 unspecified atom stereocenters. The van der Waals surface area contributed by atoms with Crippen LogP contribution >= 0.6 is 0 Å². The summed E-state index contributed by atoms with van der Waals surface area (Å²) in [6.07, 6.45) is 0. The molecule has 0 heterocycles. The van der Waals surface area contributed by atoms with E-state index in [9.17, 15) is 0 Å². The Morgan fingerprint density at radius 3 is 1.00 bits per heavy atom. The third-order valence-electron chi connectivity index (χ3n) is 0. The minimum atomic E-state index is 0. The monoisotopic (exact) mass is 187 g/mol. The summed E-state index contributed by atoms with van der Waals surface area (Å²) in [7, 11) is 0. The SMILES string of the molecule is [Cr+3].[Mn+2].[O-2].[Zn+2]. The first-order valence-electron chi connectivity index (χ1n) is 0. The van der Waals surface area contributed by atoms with Crippen LogP contribution in [0, 0.1) is 0 Å². The summed E-state index contributed by atoms with van der Waals surface area (Å²) >= 11 is 0. The molecule has 4 heteroatoms. The Labute approximate surface area is 59.2 Å². The van der Waals surface area contributed by atoms with Gasteiger partial charge in [-0.05, 0) is 0 Å². The maximum atomic E-state index is 0. The molecule has 0 aromatic carbocycles. The average Bonchev–Trinajstić information content (AvgIpc) is 0. The molecule has 0 N–H and O–H groups in total. The molecule has 16 valence electrons. The van der Waals surface area contributed by atoms with Crippen molar-refractivity contribution in [3.63, 3.8) is 0 Å². The van der Waals surface area contributed by atoms with Crippen LogP contribution in [-0.2, 0) is 59.4 Å². The second-order valence-electron chi connectivity index (χ2n) is 0. The van der Waals surface area contributed by atoms with Gasteiger partial charge < -0.3 is 5.48 Å². The van der Waals surface area contributed by atoms with E-state index in [0.717, 1.165) is 0 Å². The standard InChI is InChI=1S/Cr.Mn.O.Zn/q+3;+2;-2;+2. The molecule has 4 heavy (non-hydrogen) atoms. The number of hydrogen-bond acceptors (Lipinski definition) is 0. The molecule has 0 atom stereocenters. The van der Waals surface area contributed by atoms with E-state index in [-0.39, 0.29) is 59.4 Å². The summed E-state index contributed by atoms with van der Waals surface area (Å²) in [6.45, 7) is 0. The zero-order valence-electron chi connectivity index (χ0n) is 1.90. The fraction of sp³-hybridized carbons (Fsp3) is 0. The fourth-order valence-corrected chi connectivity index (χ4v) is 0. The first-order chi connectivity index (χ1) is 0. The Kier molecular flexibility index (Phi) is 259. The Bertz CT molecular complexity index is 8.00. The normalized spacial score (nSPS) is 0. The topological polar surface area (TPSA) is 28.5 Å². The smallest absolute Gasteiger partial charge is 2.00 e. The molecule has 0 aliphatic heterocycles. The first kappa shape index (κ1) is 45.3. The Morgan fingerprint density at radius 2 is 1.00 bits per heavy atom. The van der Waals surface area contributed by atoms with Crippen molar-refractivity contribution in [2.75, 3.05) is 0 Å². The maximum Gasteiger partial charge on any atom is 3.00 e. The minimum absolute atomic E-state index is 0. The van der Waals surface area contributed by atoms with Crippen molar-refractivity contribution in [3.05, 3.63) is 0 Å². The second kappa shape index (κ2) is 22.9. The molecule has 0 spiro atoms. The Hall–Kier alpha value is 1.64. The van der Waals surface area contributed by atoms with E-state index in [1.165, 1.54) is 0 Å². The quantitative estimate of drug-likeness (QED) is 0.474. The fourth-order valence-electron chi connectivity index (χ4n) is 0. The van der Waals surface area contributed by atoms with Crippen molar-refractivity contribution in [3.8, 4) is 0 Å². The van der Waals surface area contributed by atoms with Crippen molar-refractivity contribution in [1.82, 2.24) is 0 Å². The van der Waals surface area contributed by atoms with Gasteiger partial charge in [0.25, 0.3) is 0 Å². The summed E-state index contributed by atoms with van der Waals surface area (Å²) < 4.78 is 0. The summed E-state index contributed by atoms with van der Waals surface area (Å²) in [4.78, 5) is 0. The summed E-state index contributed by atoms with van der Waals surface area (Å²) in [5.41, 5.74) is 0. The van der Waals surface area contributed by atoms with Crippen LogP contribution < -0.4 is 0 Å². The van der Waals surface area contributed by atoms with Crippen LogP contribution in [-0.4, -0.2) is 0 Å². The van der Waals surface area contributed by atoms with E-state index in [0.29, 0.717) is 0 Å². The van der Waals surface area contributed by atoms with Gasteiger partial charge in [0.2, 0.25) is 0 Å². The van der Waals surface area contributed by atoms with E-state index in [2.05, 4.69) is 0 Å². The van der Waals surface area contributed by atoms with E-state index in [1.54, 1.807) is 0 Å². The van der Waals surface area contributed by atoms with E-state index in [1.807, 2.05) is 0 Å². The molecule has 2 radical (unpaired) electrons. The minimum Gasteiger partial charge on any atom is -2.00 e. The van der Waals surface area contributed by atoms with Crippen LogP contribution in [0.5, 0.6) is 0 Å². The average molecular weight is 188 g/mol. The van der Waals surface area contributed by atoms with Gasteiger partial charge >= 0.3 is 53.9 Å². The van der Waals surface area contributed by atoms with E-state index < -0.39 is 0 Å². The molecule has 0 rings (SSSR count). The third-order valence-corrected chi connectivity index (χ3v) is 0. The van der Waals surface area contributed by atoms with Gasteiger partial charge in [-0.1, -0.05) is 0 Å². The Morgan fingerprint density at radius 1 is 1.00 bits per heavy atom. The van der Waals surface area contributed by atoms with Gasteiger partial charge in [0.15, 0.2) is 0 Å². The molecule has 0 saturated carbocycles. The van der Waals surface area contributed by atoms with E-state index >= 15 is 0 Å². The summed E-state index contributed by atoms with van der Waals surface area (Å²) in [5.74, 6) is 0. The van der Waals surface area contributed by atoms with Crippen molar-refractivity contribution in [1.29, 1.82) is 0 Å². The van der Waals surface area contributed by atoms with Gasteiger partial charge in [-0.2, -0.15) is 0 Å². The zero-order chi connectivity index (χ0) is 0. The molecule has 0 amide bonds. The van der Waals surface area contributed by atoms with Crippen LogP contribution in [0.3, 0.4) is 0 Å². The number of hydrogen-bond donors (Lipinski definition) is 0. The molecule has 0 aromatic rings. The summed E-state index contributed by atoms with van der Waals surface area (Å²) in [5, 5.41) is 0. The first-order valence-corrected chi connectivity index (χ1v) is 0. The predicted molar refractivity (Wildman–Crippen MR) is 0.686 cm³/mol. The predicted octanol–water partition coefficient (Wildman–Crippen LogP) is -0.126. The molecule has 0 fully saturated rings. The molecular weight excluding hydrogens is 188 g/mol. The second-order valence-corrected chi connectivity index (χ2v) is 0. The van der Waals surface area contributed by atoms with Gasteiger partial charge in [0.05, 0.1) is 0 Å². The molecule has 0 aliphatic rings. The van der Waals surface area contributed by atoms with Crippen LogP contribution in [0.2, 0.25) is 0 Å². The van der Waals surface area contributed by atoms with Gasteiger partial charge in [0.1, 0.15) is 0 Å². The van der Waals surface area contributed by atoms with Crippen LogP contribution in [0.4, 0.5) is 0 Å². The van der Waals surface area contributed by atoms with Crippen molar-refractivity contribution in [2.24, 2.45) is 0 Å². The molecule has 0 bridgehead atoms. The Balaban J connectivity index is 0. The van der Waals surface area contributed by atoms with Crippen molar-refractivity contribution in [2.45, 2.75) is 0 Å². The van der Waals surface area contributed by atoms with Crippen LogP contribution in [0.25, 0.3) is 0 Å². The molecular formula is CrMnOZn+5. The van der Waals surface area contributed by atoms with Gasteiger partial charge in [-0.15, -0.1) is 0 Å². The largest absolute Gasteiger partial charge is 3.00 e. The van der Waals surface area contributed by atoms with Gasteiger partial charge in [-0.25, -0.2) is 0 Å².